The number of anilines is 1. The molecule has 2 aromatic rings. The fourth-order valence-electron chi connectivity index (χ4n) is 1.91. The van der Waals surface area contributed by atoms with Crippen molar-refractivity contribution >= 4 is 23.1 Å². The molecule has 1 aliphatic carbocycles. The molecular weight excluding hydrogens is 274 g/mol. The Morgan fingerprint density at radius 3 is 2.35 bits per heavy atom. The lowest BCUT2D eigenvalue weighted by Gasteiger charge is -2.06. The summed E-state index contributed by atoms with van der Waals surface area (Å²) >= 11 is 5.85. The molecule has 1 aliphatic rings. The maximum absolute atomic E-state index is 12.3. The van der Waals surface area contributed by atoms with Crippen LogP contribution in [-0.2, 0) is 0 Å². The molecule has 0 amide bonds. The molecule has 102 valence electrons. The highest BCUT2D eigenvalue weighted by Crippen LogP contribution is 2.27. The second kappa shape index (κ2) is 5.17. The third-order valence-electron chi connectivity index (χ3n) is 3.20. The molecule has 4 heteroatoms. The Balaban J connectivity index is 1.80. The number of nitrogen functional groups attached to an aromatic ring is 1. The number of hydrogen-bond acceptors (Lipinski definition) is 3. The van der Waals surface area contributed by atoms with Gasteiger partial charge in [0, 0.05) is 11.1 Å². The van der Waals surface area contributed by atoms with Gasteiger partial charge in [0.1, 0.15) is 5.75 Å². The number of carbonyl (C=O) groups excluding carboxylic acids is 1. The largest absolute Gasteiger partial charge is 0.490 e. The van der Waals surface area contributed by atoms with Gasteiger partial charge >= 0.3 is 0 Å². The zero-order valence-electron chi connectivity index (χ0n) is 10.8. The highest BCUT2D eigenvalue weighted by Gasteiger charge is 2.23. The van der Waals surface area contributed by atoms with Crippen LogP contribution in [0.15, 0.2) is 42.5 Å². The number of ether oxygens (including phenoxy) is 1. The molecule has 0 heterocycles. The van der Waals surface area contributed by atoms with Crippen LogP contribution in [-0.4, -0.2) is 11.9 Å². The van der Waals surface area contributed by atoms with Crippen molar-refractivity contribution in [2.45, 2.75) is 18.9 Å². The summed E-state index contributed by atoms with van der Waals surface area (Å²) in [5, 5.41) is 0.453. The summed E-state index contributed by atoms with van der Waals surface area (Å²) in [5.74, 6) is 0.728. The Labute approximate surface area is 122 Å². The van der Waals surface area contributed by atoms with Crippen LogP contribution in [0.5, 0.6) is 5.75 Å². The molecule has 2 N–H and O–H groups in total. The third-order valence-corrected chi connectivity index (χ3v) is 3.55. The molecule has 2 aromatic carbocycles. The fraction of sp³-hybridized carbons (Fsp3) is 0.188. The minimum atomic E-state index is -0.0775. The maximum Gasteiger partial charge on any atom is 0.193 e. The van der Waals surface area contributed by atoms with Crippen molar-refractivity contribution in [3.05, 3.63) is 58.6 Å². The highest BCUT2D eigenvalue weighted by atomic mass is 35.5. The normalized spacial score (nSPS) is 14.1. The van der Waals surface area contributed by atoms with E-state index in [0.29, 0.717) is 27.9 Å². The van der Waals surface area contributed by atoms with Gasteiger partial charge in [0.15, 0.2) is 5.78 Å². The summed E-state index contributed by atoms with van der Waals surface area (Å²) in [6.07, 6.45) is 2.59. The number of carbonyl (C=O) groups is 1. The Morgan fingerprint density at radius 1 is 1.10 bits per heavy atom. The lowest BCUT2D eigenvalue weighted by atomic mass is 10.0. The average Bonchev–Trinajstić information content (AvgIpc) is 3.26. The lowest BCUT2D eigenvalue weighted by Crippen LogP contribution is -2.03. The van der Waals surface area contributed by atoms with E-state index in [2.05, 4.69) is 0 Å². The molecule has 0 spiro atoms. The van der Waals surface area contributed by atoms with Crippen molar-refractivity contribution in [3.8, 4) is 5.75 Å². The Kier molecular flexibility index (Phi) is 3.36. The Hall–Kier alpha value is -2.00. The molecule has 0 aromatic heterocycles. The van der Waals surface area contributed by atoms with Crippen LogP contribution in [0.3, 0.4) is 0 Å². The molecule has 3 nitrogen and oxygen atoms in total. The van der Waals surface area contributed by atoms with Gasteiger partial charge in [0.05, 0.1) is 16.8 Å². The molecule has 0 atom stereocenters. The first-order valence-corrected chi connectivity index (χ1v) is 6.88. The smallest absolute Gasteiger partial charge is 0.193 e. The summed E-state index contributed by atoms with van der Waals surface area (Å²) in [6, 6.07) is 12.1. The van der Waals surface area contributed by atoms with E-state index >= 15 is 0 Å². The van der Waals surface area contributed by atoms with Crippen molar-refractivity contribution in [3.63, 3.8) is 0 Å². The summed E-state index contributed by atoms with van der Waals surface area (Å²) in [6.45, 7) is 0. The molecule has 0 bridgehead atoms. The lowest BCUT2D eigenvalue weighted by molar-refractivity contribution is 0.103. The second-order valence-electron chi connectivity index (χ2n) is 4.91. The standard InChI is InChI=1S/C16H14ClNO2/c17-14-8-3-11(9-15(14)18)16(19)10-1-4-12(5-2-10)20-13-6-7-13/h1-5,8-9,13H,6-7,18H2. The molecule has 3 rings (SSSR count). The monoisotopic (exact) mass is 287 g/mol. The quantitative estimate of drug-likeness (QED) is 0.689. The van der Waals surface area contributed by atoms with E-state index in [1.165, 1.54) is 0 Å². The van der Waals surface area contributed by atoms with Crippen LogP contribution >= 0.6 is 11.6 Å². The van der Waals surface area contributed by atoms with E-state index in [1.807, 2.05) is 12.1 Å². The molecular formula is C16H14ClNO2. The van der Waals surface area contributed by atoms with Gasteiger partial charge in [-0.2, -0.15) is 0 Å². The van der Waals surface area contributed by atoms with Crippen molar-refractivity contribution in [2.24, 2.45) is 0 Å². The van der Waals surface area contributed by atoms with Gasteiger partial charge in [-0.15, -0.1) is 0 Å². The SMILES string of the molecule is Nc1cc(C(=O)c2ccc(OC3CC3)cc2)ccc1Cl. The minimum Gasteiger partial charge on any atom is -0.490 e. The number of rotatable bonds is 4. The second-order valence-corrected chi connectivity index (χ2v) is 5.31. The van der Waals surface area contributed by atoms with Crippen LogP contribution in [0, 0.1) is 0 Å². The van der Waals surface area contributed by atoms with Gasteiger partial charge in [-0.3, -0.25) is 4.79 Å². The third kappa shape index (κ3) is 2.78. The van der Waals surface area contributed by atoms with Gasteiger partial charge in [-0.05, 0) is 55.3 Å². The first-order chi connectivity index (χ1) is 9.63. The molecule has 1 saturated carbocycles. The number of nitrogens with two attached hydrogens (primary N) is 1. The van der Waals surface area contributed by atoms with Crippen LogP contribution in [0.4, 0.5) is 5.69 Å². The van der Waals surface area contributed by atoms with Crippen LogP contribution in [0.2, 0.25) is 5.02 Å². The molecule has 0 aliphatic heterocycles. The summed E-state index contributed by atoms with van der Waals surface area (Å²) in [5.41, 5.74) is 7.26. The van der Waals surface area contributed by atoms with Gasteiger partial charge in [-0.25, -0.2) is 0 Å². The molecule has 20 heavy (non-hydrogen) atoms. The van der Waals surface area contributed by atoms with Gasteiger partial charge < -0.3 is 10.5 Å². The zero-order valence-corrected chi connectivity index (χ0v) is 11.6. The number of ketones is 1. The number of benzene rings is 2. The summed E-state index contributed by atoms with van der Waals surface area (Å²) < 4.78 is 5.65. The number of hydrogen-bond donors (Lipinski definition) is 1. The van der Waals surface area contributed by atoms with Crippen LogP contribution in [0.25, 0.3) is 0 Å². The predicted molar refractivity (Wildman–Crippen MR) is 79.4 cm³/mol. The van der Waals surface area contributed by atoms with Gasteiger partial charge in [-0.1, -0.05) is 11.6 Å². The van der Waals surface area contributed by atoms with E-state index in [9.17, 15) is 4.79 Å². The van der Waals surface area contributed by atoms with Gasteiger partial charge in [0.2, 0.25) is 0 Å². The Morgan fingerprint density at radius 2 is 1.75 bits per heavy atom. The first-order valence-electron chi connectivity index (χ1n) is 6.50. The summed E-state index contributed by atoms with van der Waals surface area (Å²) in [7, 11) is 0. The van der Waals surface area contributed by atoms with Gasteiger partial charge in [0.25, 0.3) is 0 Å². The molecule has 0 radical (unpaired) electrons. The van der Waals surface area contributed by atoms with Crippen molar-refractivity contribution in [1.82, 2.24) is 0 Å². The first kappa shape index (κ1) is 13.0. The van der Waals surface area contributed by atoms with Crippen LogP contribution in [0.1, 0.15) is 28.8 Å². The zero-order chi connectivity index (χ0) is 14.1. The molecule has 0 unspecified atom stereocenters. The highest BCUT2D eigenvalue weighted by molar-refractivity contribution is 6.33. The summed E-state index contributed by atoms with van der Waals surface area (Å²) in [4.78, 5) is 12.3. The van der Waals surface area contributed by atoms with E-state index in [4.69, 9.17) is 22.1 Å². The van der Waals surface area contributed by atoms with Crippen molar-refractivity contribution in [1.29, 1.82) is 0 Å². The topological polar surface area (TPSA) is 52.3 Å². The molecule has 0 saturated heterocycles. The average molecular weight is 288 g/mol. The fourth-order valence-corrected chi connectivity index (χ4v) is 2.03. The number of halogens is 1. The van der Waals surface area contributed by atoms with Crippen LogP contribution < -0.4 is 10.5 Å². The van der Waals surface area contributed by atoms with Crippen molar-refractivity contribution < 1.29 is 9.53 Å². The van der Waals surface area contributed by atoms with E-state index in [0.717, 1.165) is 18.6 Å². The molecule has 1 fully saturated rings. The van der Waals surface area contributed by atoms with Crippen molar-refractivity contribution in [2.75, 3.05) is 5.73 Å². The van der Waals surface area contributed by atoms with E-state index in [-0.39, 0.29) is 5.78 Å². The minimum absolute atomic E-state index is 0.0775. The maximum atomic E-state index is 12.3. The Bertz CT molecular complexity index is 648. The predicted octanol–water partition coefficient (Wildman–Crippen LogP) is 3.69. The van der Waals surface area contributed by atoms with E-state index in [1.54, 1.807) is 30.3 Å². The van der Waals surface area contributed by atoms with E-state index < -0.39 is 0 Å².